The molecule has 0 spiro atoms. The van der Waals surface area contributed by atoms with Crippen LogP contribution in [0.1, 0.15) is 0 Å². The normalized spacial score (nSPS) is 11.8. The Kier molecular flexibility index (Phi) is 5.03. The maximum absolute atomic E-state index is 11.7. The summed E-state index contributed by atoms with van der Waals surface area (Å²) in [5.74, 6) is 0. The molecule has 0 amide bonds. The molecule has 0 radical (unpaired) electrons. The number of sulfonamides is 1. The van der Waals surface area contributed by atoms with Gasteiger partial charge in [-0.25, -0.2) is 13.1 Å². The molecular formula is C8H8BrCl2NO3S. The Morgan fingerprint density at radius 3 is 2.50 bits per heavy atom. The highest BCUT2D eigenvalue weighted by Gasteiger charge is 2.18. The lowest BCUT2D eigenvalue weighted by atomic mass is 10.4. The van der Waals surface area contributed by atoms with E-state index in [9.17, 15) is 8.42 Å². The minimum Gasteiger partial charge on any atom is -0.395 e. The van der Waals surface area contributed by atoms with E-state index in [1.54, 1.807) is 0 Å². The predicted octanol–water partition coefficient (Wildman–Crippen LogP) is 2.03. The topological polar surface area (TPSA) is 66.4 Å². The molecule has 0 saturated heterocycles. The fraction of sp³-hybridized carbons (Fsp3) is 0.250. The van der Waals surface area contributed by atoms with Crippen molar-refractivity contribution in [2.24, 2.45) is 0 Å². The van der Waals surface area contributed by atoms with E-state index in [4.69, 9.17) is 28.3 Å². The zero-order valence-corrected chi connectivity index (χ0v) is 11.8. The molecule has 0 unspecified atom stereocenters. The van der Waals surface area contributed by atoms with E-state index >= 15 is 0 Å². The van der Waals surface area contributed by atoms with Crippen LogP contribution < -0.4 is 4.72 Å². The van der Waals surface area contributed by atoms with Gasteiger partial charge in [0, 0.05) is 11.0 Å². The molecule has 1 aromatic carbocycles. The van der Waals surface area contributed by atoms with Gasteiger partial charge in [0.2, 0.25) is 10.0 Å². The molecule has 16 heavy (non-hydrogen) atoms. The molecule has 2 N–H and O–H groups in total. The van der Waals surface area contributed by atoms with Gasteiger partial charge in [-0.2, -0.15) is 0 Å². The summed E-state index contributed by atoms with van der Waals surface area (Å²) < 4.78 is 26.1. The summed E-state index contributed by atoms with van der Waals surface area (Å²) in [6.07, 6.45) is 0. The molecule has 1 rings (SSSR count). The van der Waals surface area contributed by atoms with Gasteiger partial charge in [-0.05, 0) is 28.1 Å². The third kappa shape index (κ3) is 3.32. The second-order valence-electron chi connectivity index (χ2n) is 2.82. The minimum atomic E-state index is -3.74. The van der Waals surface area contributed by atoms with Gasteiger partial charge in [0.15, 0.2) is 0 Å². The summed E-state index contributed by atoms with van der Waals surface area (Å²) in [5, 5.41) is 8.85. The lowest BCUT2D eigenvalue weighted by Crippen LogP contribution is -2.26. The molecular weight excluding hydrogens is 341 g/mol. The van der Waals surface area contributed by atoms with Crippen molar-refractivity contribution in [1.29, 1.82) is 0 Å². The second-order valence-corrected chi connectivity index (χ2v) is 6.22. The molecule has 0 atom stereocenters. The van der Waals surface area contributed by atoms with Gasteiger partial charge in [-0.15, -0.1) is 0 Å². The molecule has 8 heteroatoms. The van der Waals surface area contributed by atoms with Gasteiger partial charge in [0.1, 0.15) is 4.90 Å². The molecule has 0 fully saturated rings. The molecule has 90 valence electrons. The lowest BCUT2D eigenvalue weighted by molar-refractivity contribution is 0.301. The smallest absolute Gasteiger partial charge is 0.242 e. The van der Waals surface area contributed by atoms with Crippen LogP contribution in [0.4, 0.5) is 0 Å². The highest BCUT2D eigenvalue weighted by atomic mass is 79.9. The van der Waals surface area contributed by atoms with Crippen molar-refractivity contribution >= 4 is 49.2 Å². The van der Waals surface area contributed by atoms with Crippen LogP contribution in [0, 0.1) is 0 Å². The number of aliphatic hydroxyl groups excluding tert-OH is 1. The molecule has 0 aliphatic rings. The van der Waals surface area contributed by atoms with Gasteiger partial charge in [0.25, 0.3) is 0 Å². The number of nitrogens with one attached hydrogen (secondary N) is 1. The SMILES string of the molecule is O=S(=O)(NCCO)c1cc(Cl)c(Br)cc1Cl. The quantitative estimate of drug-likeness (QED) is 0.818. The number of halogens is 3. The van der Waals surface area contributed by atoms with E-state index < -0.39 is 10.0 Å². The molecule has 0 bridgehead atoms. The Morgan fingerprint density at radius 1 is 1.31 bits per heavy atom. The lowest BCUT2D eigenvalue weighted by Gasteiger charge is -2.08. The maximum atomic E-state index is 11.7. The van der Waals surface area contributed by atoms with Crippen molar-refractivity contribution in [2.45, 2.75) is 4.90 Å². The first kappa shape index (κ1) is 14.2. The summed E-state index contributed by atoms with van der Waals surface area (Å²) in [6.45, 7) is -0.368. The van der Waals surface area contributed by atoms with Crippen molar-refractivity contribution in [2.75, 3.05) is 13.2 Å². The third-order valence-electron chi connectivity index (χ3n) is 1.67. The molecule has 0 saturated carbocycles. The van der Waals surface area contributed by atoms with E-state index in [1.807, 2.05) is 0 Å². The zero-order chi connectivity index (χ0) is 12.3. The van der Waals surface area contributed by atoms with Crippen LogP contribution in [0.25, 0.3) is 0 Å². The van der Waals surface area contributed by atoms with Crippen molar-refractivity contribution in [3.8, 4) is 0 Å². The van der Waals surface area contributed by atoms with E-state index in [2.05, 4.69) is 20.7 Å². The summed E-state index contributed by atoms with van der Waals surface area (Å²) in [6, 6.07) is 2.64. The minimum absolute atomic E-state index is 0.0571. The molecule has 4 nitrogen and oxygen atoms in total. The Hall–Kier alpha value is 0.150. The van der Waals surface area contributed by atoms with E-state index in [-0.39, 0.29) is 28.1 Å². The van der Waals surface area contributed by atoms with Crippen molar-refractivity contribution in [3.05, 3.63) is 26.7 Å². The van der Waals surface area contributed by atoms with Crippen LogP contribution in [0.3, 0.4) is 0 Å². The van der Waals surface area contributed by atoms with Crippen LogP contribution in [0.15, 0.2) is 21.5 Å². The molecule has 0 heterocycles. The standard InChI is InChI=1S/C8H8BrCl2NO3S/c9-5-3-7(11)8(4-6(5)10)16(14,15)12-1-2-13/h3-4,12-13H,1-2H2. The monoisotopic (exact) mass is 347 g/mol. The average molecular weight is 349 g/mol. The van der Waals surface area contributed by atoms with Crippen LogP contribution in [0.5, 0.6) is 0 Å². The molecule has 0 aliphatic heterocycles. The van der Waals surface area contributed by atoms with Gasteiger partial charge in [-0.3, -0.25) is 0 Å². The van der Waals surface area contributed by atoms with E-state index in [1.165, 1.54) is 12.1 Å². The Labute approximate surface area is 112 Å². The molecule has 1 aromatic rings. The maximum Gasteiger partial charge on any atom is 0.242 e. The van der Waals surface area contributed by atoms with Crippen molar-refractivity contribution < 1.29 is 13.5 Å². The summed E-state index contributed by atoms with van der Waals surface area (Å²) >= 11 is 14.7. The molecule has 0 aliphatic carbocycles. The number of hydrogen-bond acceptors (Lipinski definition) is 3. The van der Waals surface area contributed by atoms with E-state index in [0.29, 0.717) is 4.47 Å². The first-order valence-electron chi connectivity index (χ1n) is 4.13. The Morgan fingerprint density at radius 2 is 1.94 bits per heavy atom. The van der Waals surface area contributed by atoms with Gasteiger partial charge in [0.05, 0.1) is 16.7 Å². The predicted molar refractivity (Wildman–Crippen MR) is 66.4 cm³/mol. The fourth-order valence-electron chi connectivity index (χ4n) is 0.968. The third-order valence-corrected chi connectivity index (χ3v) is 4.79. The van der Waals surface area contributed by atoms with Crippen LogP contribution >= 0.6 is 39.1 Å². The average Bonchev–Trinajstić information content (AvgIpc) is 2.20. The highest BCUT2D eigenvalue weighted by Crippen LogP contribution is 2.31. The Bertz CT molecular complexity index is 492. The first-order valence-corrected chi connectivity index (χ1v) is 7.17. The van der Waals surface area contributed by atoms with Crippen LogP contribution in [-0.4, -0.2) is 26.7 Å². The van der Waals surface area contributed by atoms with Gasteiger partial charge in [-0.1, -0.05) is 23.2 Å². The summed E-state index contributed by atoms with van der Waals surface area (Å²) in [4.78, 5) is -0.115. The summed E-state index contributed by atoms with van der Waals surface area (Å²) in [7, 11) is -3.74. The first-order chi connectivity index (χ1) is 7.38. The van der Waals surface area contributed by atoms with Crippen LogP contribution in [0.2, 0.25) is 10.0 Å². The van der Waals surface area contributed by atoms with E-state index in [0.717, 1.165) is 0 Å². The number of hydrogen-bond donors (Lipinski definition) is 2. The number of aliphatic hydroxyl groups is 1. The zero-order valence-electron chi connectivity index (χ0n) is 7.87. The Balaban J connectivity index is 3.18. The van der Waals surface area contributed by atoms with Gasteiger partial charge < -0.3 is 5.11 Å². The second kappa shape index (κ2) is 5.66. The van der Waals surface area contributed by atoms with Crippen LogP contribution in [-0.2, 0) is 10.0 Å². The summed E-state index contributed by atoms with van der Waals surface area (Å²) in [5.41, 5.74) is 0. The largest absolute Gasteiger partial charge is 0.395 e. The van der Waals surface area contributed by atoms with Crippen molar-refractivity contribution in [1.82, 2.24) is 4.72 Å². The number of benzene rings is 1. The van der Waals surface area contributed by atoms with Gasteiger partial charge >= 0.3 is 0 Å². The fourth-order valence-corrected chi connectivity index (χ4v) is 3.24. The van der Waals surface area contributed by atoms with Crippen molar-refractivity contribution in [3.63, 3.8) is 0 Å². The highest BCUT2D eigenvalue weighted by molar-refractivity contribution is 9.10. The number of rotatable bonds is 4. The molecule has 0 aromatic heterocycles.